The number of hydrogen-bond acceptors (Lipinski definition) is 6. The van der Waals surface area contributed by atoms with Gasteiger partial charge in [0, 0.05) is 12.1 Å². The molecule has 1 aromatic heterocycles. The minimum atomic E-state index is -0.187. The summed E-state index contributed by atoms with van der Waals surface area (Å²) in [6.07, 6.45) is 1.76. The number of anilines is 1. The number of carbonyl (C=O) groups excluding carboxylic acids is 1. The number of benzene rings is 1. The van der Waals surface area contributed by atoms with Crippen molar-refractivity contribution in [3.8, 4) is 0 Å². The standard InChI is InChI=1S/C15H17N3OS2/c1-4-9-16-14-17-18-15(21-14)20-11(3)13(19)12-7-5-10(2)6-8-12/h4-8,11H,1,9H2,2-3H3,(H,16,17)/t11-/m1/s1. The van der Waals surface area contributed by atoms with E-state index in [1.54, 1.807) is 6.08 Å². The molecule has 0 spiro atoms. The summed E-state index contributed by atoms with van der Waals surface area (Å²) in [5.74, 6) is 0.107. The van der Waals surface area contributed by atoms with Crippen molar-refractivity contribution in [2.45, 2.75) is 23.4 Å². The summed E-state index contributed by atoms with van der Waals surface area (Å²) in [5.41, 5.74) is 1.88. The fraction of sp³-hybridized carbons (Fsp3) is 0.267. The van der Waals surface area contributed by atoms with Gasteiger partial charge in [-0.05, 0) is 13.8 Å². The number of aryl methyl sites for hydroxylation is 1. The van der Waals surface area contributed by atoms with E-state index in [4.69, 9.17) is 0 Å². The van der Waals surface area contributed by atoms with Crippen molar-refractivity contribution < 1.29 is 4.79 Å². The van der Waals surface area contributed by atoms with Crippen molar-refractivity contribution in [2.24, 2.45) is 0 Å². The molecule has 6 heteroatoms. The molecule has 0 fully saturated rings. The Morgan fingerprint density at radius 3 is 2.81 bits per heavy atom. The van der Waals surface area contributed by atoms with Crippen LogP contribution in [0.3, 0.4) is 0 Å². The monoisotopic (exact) mass is 319 g/mol. The van der Waals surface area contributed by atoms with Gasteiger partial charge in [-0.25, -0.2) is 0 Å². The Morgan fingerprint density at radius 1 is 1.43 bits per heavy atom. The lowest BCUT2D eigenvalue weighted by Gasteiger charge is -2.08. The van der Waals surface area contributed by atoms with E-state index in [1.165, 1.54) is 23.1 Å². The first-order valence-electron chi connectivity index (χ1n) is 6.56. The molecular weight excluding hydrogens is 302 g/mol. The molecule has 0 radical (unpaired) electrons. The molecule has 0 aliphatic heterocycles. The van der Waals surface area contributed by atoms with E-state index < -0.39 is 0 Å². The third-order valence-electron chi connectivity index (χ3n) is 2.79. The number of hydrogen-bond donors (Lipinski definition) is 1. The fourth-order valence-corrected chi connectivity index (χ4v) is 3.63. The summed E-state index contributed by atoms with van der Waals surface area (Å²) >= 11 is 2.88. The molecule has 0 aliphatic carbocycles. The Morgan fingerprint density at radius 2 is 2.14 bits per heavy atom. The number of rotatable bonds is 7. The summed E-state index contributed by atoms with van der Waals surface area (Å²) in [4.78, 5) is 12.3. The first-order chi connectivity index (χ1) is 10.1. The lowest BCUT2D eigenvalue weighted by molar-refractivity contribution is 0.0994. The largest absolute Gasteiger partial charge is 0.357 e. The van der Waals surface area contributed by atoms with Crippen LogP contribution in [0, 0.1) is 6.92 Å². The van der Waals surface area contributed by atoms with Crippen molar-refractivity contribution in [3.63, 3.8) is 0 Å². The molecule has 2 aromatic rings. The minimum Gasteiger partial charge on any atom is -0.357 e. The van der Waals surface area contributed by atoms with Gasteiger partial charge in [0.05, 0.1) is 5.25 Å². The SMILES string of the molecule is C=CCNc1nnc(S[C@H](C)C(=O)c2ccc(C)cc2)s1. The van der Waals surface area contributed by atoms with Gasteiger partial charge in [0.15, 0.2) is 10.1 Å². The maximum absolute atomic E-state index is 12.3. The van der Waals surface area contributed by atoms with Crippen molar-refractivity contribution in [1.82, 2.24) is 10.2 Å². The van der Waals surface area contributed by atoms with E-state index in [0.29, 0.717) is 6.54 Å². The second-order valence-electron chi connectivity index (χ2n) is 4.53. The number of Topliss-reactive ketones (excluding diaryl/α,β-unsaturated/α-hetero) is 1. The predicted molar refractivity (Wildman–Crippen MR) is 89.4 cm³/mol. The molecule has 2 rings (SSSR count). The Labute approximate surface area is 132 Å². The van der Waals surface area contributed by atoms with E-state index in [-0.39, 0.29) is 11.0 Å². The Balaban J connectivity index is 1.98. The predicted octanol–water partition coefficient (Wildman–Crippen LogP) is 3.81. The zero-order valence-corrected chi connectivity index (χ0v) is 13.6. The van der Waals surface area contributed by atoms with Gasteiger partial charge in [0.2, 0.25) is 5.13 Å². The van der Waals surface area contributed by atoms with Crippen LogP contribution in [0.25, 0.3) is 0 Å². The van der Waals surface area contributed by atoms with Crippen molar-refractivity contribution in [3.05, 3.63) is 48.0 Å². The molecule has 0 unspecified atom stereocenters. The van der Waals surface area contributed by atoms with Crippen LogP contribution in [0.5, 0.6) is 0 Å². The van der Waals surface area contributed by atoms with Crippen LogP contribution in [0.1, 0.15) is 22.8 Å². The zero-order valence-electron chi connectivity index (χ0n) is 12.0. The molecule has 0 bridgehead atoms. The second kappa shape index (κ2) is 7.38. The third kappa shape index (κ3) is 4.41. The lowest BCUT2D eigenvalue weighted by Crippen LogP contribution is -2.13. The van der Waals surface area contributed by atoms with Crippen LogP contribution in [0.4, 0.5) is 5.13 Å². The molecule has 0 saturated heterocycles. The van der Waals surface area contributed by atoms with Crippen LogP contribution in [0.15, 0.2) is 41.3 Å². The maximum atomic E-state index is 12.3. The van der Waals surface area contributed by atoms with E-state index >= 15 is 0 Å². The van der Waals surface area contributed by atoms with Gasteiger partial charge < -0.3 is 5.32 Å². The number of nitrogens with zero attached hydrogens (tertiary/aromatic N) is 2. The smallest absolute Gasteiger partial charge is 0.206 e. The first kappa shape index (κ1) is 15.7. The molecule has 1 N–H and O–H groups in total. The van der Waals surface area contributed by atoms with Crippen LogP contribution >= 0.6 is 23.1 Å². The average molecular weight is 319 g/mol. The van der Waals surface area contributed by atoms with Crippen LogP contribution < -0.4 is 5.32 Å². The summed E-state index contributed by atoms with van der Waals surface area (Å²) in [6, 6.07) is 7.64. The molecule has 1 atom stereocenters. The second-order valence-corrected chi connectivity index (χ2v) is 7.10. The number of ketones is 1. The molecular formula is C15H17N3OS2. The van der Waals surface area contributed by atoms with Gasteiger partial charge in [-0.2, -0.15) is 0 Å². The Hall–Kier alpha value is -1.66. The average Bonchev–Trinajstić information content (AvgIpc) is 2.92. The molecule has 0 amide bonds. The minimum absolute atomic E-state index is 0.107. The molecule has 0 aliphatic rings. The zero-order chi connectivity index (χ0) is 15.2. The van der Waals surface area contributed by atoms with E-state index in [9.17, 15) is 4.79 Å². The maximum Gasteiger partial charge on any atom is 0.206 e. The van der Waals surface area contributed by atoms with Crippen LogP contribution in [-0.2, 0) is 0 Å². The van der Waals surface area contributed by atoms with Crippen LogP contribution in [0.2, 0.25) is 0 Å². The highest BCUT2D eigenvalue weighted by molar-refractivity contribution is 8.02. The summed E-state index contributed by atoms with van der Waals surface area (Å²) in [5, 5.41) is 11.7. The number of nitrogens with one attached hydrogen (secondary N) is 1. The molecule has 1 heterocycles. The number of aromatic nitrogens is 2. The lowest BCUT2D eigenvalue weighted by atomic mass is 10.1. The third-order valence-corrected chi connectivity index (χ3v) is 4.85. The van der Waals surface area contributed by atoms with Crippen molar-refractivity contribution >= 4 is 34.0 Å². The number of carbonyl (C=O) groups is 1. The highest BCUT2D eigenvalue weighted by Crippen LogP contribution is 2.30. The molecule has 1 aromatic carbocycles. The van der Waals surface area contributed by atoms with Crippen LogP contribution in [-0.4, -0.2) is 27.8 Å². The van der Waals surface area contributed by atoms with E-state index in [0.717, 1.165) is 20.6 Å². The van der Waals surface area contributed by atoms with Crippen molar-refractivity contribution in [1.29, 1.82) is 0 Å². The molecule has 110 valence electrons. The van der Waals surface area contributed by atoms with Gasteiger partial charge in [-0.15, -0.1) is 16.8 Å². The number of thioether (sulfide) groups is 1. The normalized spacial score (nSPS) is 11.9. The van der Waals surface area contributed by atoms with Gasteiger partial charge in [0.1, 0.15) is 0 Å². The Bertz CT molecular complexity index is 622. The quantitative estimate of drug-likeness (QED) is 0.478. The highest BCUT2D eigenvalue weighted by atomic mass is 32.2. The topological polar surface area (TPSA) is 54.9 Å². The van der Waals surface area contributed by atoms with Gasteiger partial charge in [-0.1, -0.05) is 59.0 Å². The molecule has 21 heavy (non-hydrogen) atoms. The van der Waals surface area contributed by atoms with E-state index in [1.807, 2.05) is 38.1 Å². The summed E-state index contributed by atoms with van der Waals surface area (Å²) < 4.78 is 0.787. The van der Waals surface area contributed by atoms with E-state index in [2.05, 4.69) is 22.1 Å². The molecule has 0 saturated carbocycles. The molecule has 4 nitrogen and oxygen atoms in total. The summed E-state index contributed by atoms with van der Waals surface area (Å²) in [6.45, 7) is 8.19. The summed E-state index contributed by atoms with van der Waals surface area (Å²) in [7, 11) is 0. The highest BCUT2D eigenvalue weighted by Gasteiger charge is 2.18. The van der Waals surface area contributed by atoms with Gasteiger partial charge in [-0.3, -0.25) is 4.79 Å². The van der Waals surface area contributed by atoms with Gasteiger partial charge >= 0.3 is 0 Å². The van der Waals surface area contributed by atoms with Crippen molar-refractivity contribution in [2.75, 3.05) is 11.9 Å². The Kier molecular flexibility index (Phi) is 5.52. The fourth-order valence-electron chi connectivity index (χ4n) is 1.65. The van der Waals surface area contributed by atoms with Gasteiger partial charge in [0.25, 0.3) is 0 Å². The first-order valence-corrected chi connectivity index (χ1v) is 8.25.